The van der Waals surface area contributed by atoms with Crippen molar-refractivity contribution in [1.29, 1.82) is 0 Å². The van der Waals surface area contributed by atoms with E-state index in [1.165, 1.54) is 36.4 Å². The second-order valence-electron chi connectivity index (χ2n) is 5.72. The van der Waals surface area contributed by atoms with E-state index in [-0.39, 0.29) is 17.5 Å². The van der Waals surface area contributed by atoms with Crippen LogP contribution in [0.1, 0.15) is 24.4 Å². The van der Waals surface area contributed by atoms with Crippen LogP contribution in [0.5, 0.6) is 0 Å². The minimum Gasteiger partial charge on any atom is -0.450 e. The van der Waals surface area contributed by atoms with Gasteiger partial charge in [0.1, 0.15) is 5.76 Å². The van der Waals surface area contributed by atoms with Crippen molar-refractivity contribution in [2.75, 3.05) is 6.61 Å². The number of amides is 3. The molecule has 1 aromatic carbocycles. The Morgan fingerprint density at radius 1 is 1.15 bits per heavy atom. The van der Waals surface area contributed by atoms with E-state index in [1.807, 2.05) is 5.32 Å². The summed E-state index contributed by atoms with van der Waals surface area (Å²) in [5, 5.41) is 15.1. The van der Waals surface area contributed by atoms with Crippen LogP contribution < -0.4 is 10.6 Å². The summed E-state index contributed by atoms with van der Waals surface area (Å²) in [6.45, 7) is 2.80. The number of carbonyl (C=O) groups is 3. The molecular formula is C17H17N3O7. The Morgan fingerprint density at radius 2 is 1.81 bits per heavy atom. The van der Waals surface area contributed by atoms with Crippen LogP contribution in [0.4, 0.5) is 10.5 Å². The first kappa shape index (κ1) is 19.6. The van der Waals surface area contributed by atoms with Crippen LogP contribution in [0.2, 0.25) is 0 Å². The number of hydrogen-bond acceptors (Lipinski definition) is 7. The predicted octanol–water partition coefficient (Wildman–Crippen LogP) is 2.25. The van der Waals surface area contributed by atoms with Crippen molar-refractivity contribution in [3.05, 3.63) is 52.3 Å². The maximum Gasteiger partial charge on any atom is 0.374 e. The summed E-state index contributed by atoms with van der Waals surface area (Å²) in [4.78, 5) is 45.0. The molecule has 2 rings (SSSR count). The van der Waals surface area contributed by atoms with E-state index in [2.05, 4.69) is 5.32 Å². The van der Waals surface area contributed by atoms with Gasteiger partial charge in [-0.3, -0.25) is 20.2 Å². The monoisotopic (exact) mass is 375 g/mol. The zero-order chi connectivity index (χ0) is 20.0. The van der Waals surface area contributed by atoms with Crippen molar-refractivity contribution in [3.63, 3.8) is 0 Å². The number of nitrogens with zero attached hydrogens (tertiary/aromatic N) is 1. The van der Waals surface area contributed by atoms with Crippen LogP contribution >= 0.6 is 0 Å². The van der Waals surface area contributed by atoms with Gasteiger partial charge < -0.3 is 14.5 Å². The largest absolute Gasteiger partial charge is 0.450 e. The molecule has 1 aromatic heterocycles. The minimum absolute atomic E-state index is 0.0718. The zero-order valence-corrected chi connectivity index (χ0v) is 14.6. The van der Waals surface area contributed by atoms with Crippen LogP contribution in [-0.2, 0) is 9.53 Å². The highest BCUT2D eigenvalue weighted by molar-refractivity contribution is 5.96. The van der Waals surface area contributed by atoms with Crippen LogP contribution in [0.15, 0.2) is 40.8 Å². The summed E-state index contributed by atoms with van der Waals surface area (Å²) < 4.78 is 10.1. The van der Waals surface area contributed by atoms with Gasteiger partial charge in [-0.25, -0.2) is 9.59 Å². The fourth-order valence-electron chi connectivity index (χ4n) is 2.01. The van der Waals surface area contributed by atoms with Crippen molar-refractivity contribution >= 4 is 23.6 Å². The topological polar surface area (TPSA) is 141 Å². The van der Waals surface area contributed by atoms with Gasteiger partial charge in [-0.2, -0.15) is 0 Å². The third-order valence-electron chi connectivity index (χ3n) is 3.18. The number of carbonyl (C=O) groups excluding carboxylic acids is 3. The van der Waals surface area contributed by atoms with E-state index in [0.29, 0.717) is 11.3 Å². The van der Waals surface area contributed by atoms with Gasteiger partial charge >= 0.3 is 12.0 Å². The average Bonchev–Trinajstić information content (AvgIpc) is 3.09. The fourth-order valence-corrected chi connectivity index (χ4v) is 2.01. The molecule has 0 spiro atoms. The maximum absolute atomic E-state index is 11.9. The molecule has 1 heterocycles. The van der Waals surface area contributed by atoms with Crippen LogP contribution in [0.25, 0.3) is 11.3 Å². The molecule has 142 valence electrons. The Morgan fingerprint density at radius 3 is 2.41 bits per heavy atom. The second-order valence-corrected chi connectivity index (χ2v) is 5.72. The third kappa shape index (κ3) is 5.66. The molecule has 0 saturated carbocycles. The number of imide groups is 1. The summed E-state index contributed by atoms with van der Waals surface area (Å²) in [6, 6.07) is 7.58. The van der Waals surface area contributed by atoms with Crippen LogP contribution in [0.3, 0.4) is 0 Å². The lowest BCUT2D eigenvalue weighted by atomic mass is 10.1. The van der Waals surface area contributed by atoms with E-state index < -0.39 is 29.4 Å². The number of esters is 1. The molecule has 10 nitrogen and oxygen atoms in total. The number of nitro groups is 1. The van der Waals surface area contributed by atoms with Gasteiger partial charge in [-0.05, 0) is 38.1 Å². The number of non-ortho nitro benzene ring substituents is 1. The molecule has 0 saturated heterocycles. The van der Waals surface area contributed by atoms with E-state index in [9.17, 15) is 24.5 Å². The first-order valence-corrected chi connectivity index (χ1v) is 7.88. The first-order chi connectivity index (χ1) is 12.8. The summed E-state index contributed by atoms with van der Waals surface area (Å²) in [5.41, 5.74) is 0.459. The number of nitrogens with one attached hydrogen (secondary N) is 2. The lowest BCUT2D eigenvalue weighted by Gasteiger charge is -2.09. The van der Waals surface area contributed by atoms with E-state index in [4.69, 9.17) is 9.15 Å². The lowest BCUT2D eigenvalue weighted by molar-refractivity contribution is -0.384. The number of benzene rings is 1. The predicted molar refractivity (Wildman–Crippen MR) is 92.9 cm³/mol. The third-order valence-corrected chi connectivity index (χ3v) is 3.18. The van der Waals surface area contributed by atoms with Crippen LogP contribution in [0, 0.1) is 10.1 Å². The molecular weight excluding hydrogens is 358 g/mol. The fraction of sp³-hybridized carbons (Fsp3) is 0.235. The molecule has 0 atom stereocenters. The van der Waals surface area contributed by atoms with Gasteiger partial charge in [0.05, 0.1) is 4.92 Å². The van der Waals surface area contributed by atoms with Gasteiger partial charge in [0.15, 0.2) is 6.61 Å². The molecule has 3 amide bonds. The highest BCUT2D eigenvalue weighted by Gasteiger charge is 2.17. The molecule has 0 unspecified atom stereocenters. The lowest BCUT2D eigenvalue weighted by Crippen LogP contribution is -2.44. The normalized spacial score (nSPS) is 10.3. The van der Waals surface area contributed by atoms with Gasteiger partial charge in [0.2, 0.25) is 5.76 Å². The molecule has 27 heavy (non-hydrogen) atoms. The summed E-state index contributed by atoms with van der Waals surface area (Å²) in [5.74, 6) is -1.52. The number of furan rings is 1. The van der Waals surface area contributed by atoms with Crippen molar-refractivity contribution in [1.82, 2.24) is 10.6 Å². The molecule has 0 aliphatic heterocycles. The first-order valence-electron chi connectivity index (χ1n) is 7.88. The van der Waals surface area contributed by atoms with Crippen molar-refractivity contribution < 1.29 is 28.5 Å². The SMILES string of the molecule is CC(C)NC(=O)NC(=O)COC(=O)c1ccc(-c2ccc([N+](=O)[O-])cc2)o1. The van der Waals surface area contributed by atoms with Gasteiger partial charge in [0.25, 0.3) is 11.6 Å². The molecule has 0 aliphatic rings. The Balaban J connectivity index is 1.91. The Kier molecular flexibility index (Phi) is 6.26. The molecule has 0 aliphatic carbocycles. The molecule has 0 fully saturated rings. The molecule has 0 radical (unpaired) electrons. The summed E-state index contributed by atoms with van der Waals surface area (Å²) >= 11 is 0. The van der Waals surface area contributed by atoms with E-state index >= 15 is 0 Å². The van der Waals surface area contributed by atoms with Crippen molar-refractivity contribution in [3.8, 4) is 11.3 Å². The molecule has 10 heteroatoms. The summed E-state index contributed by atoms with van der Waals surface area (Å²) in [7, 11) is 0. The van der Waals surface area contributed by atoms with E-state index in [1.54, 1.807) is 13.8 Å². The quantitative estimate of drug-likeness (QED) is 0.448. The van der Waals surface area contributed by atoms with Gasteiger partial charge in [-0.1, -0.05) is 0 Å². The summed E-state index contributed by atoms with van der Waals surface area (Å²) in [6.07, 6.45) is 0. The van der Waals surface area contributed by atoms with Crippen LogP contribution in [-0.4, -0.2) is 35.5 Å². The molecule has 0 bridgehead atoms. The second kappa shape index (κ2) is 8.61. The van der Waals surface area contributed by atoms with Gasteiger partial charge in [-0.15, -0.1) is 0 Å². The average molecular weight is 375 g/mol. The molecule has 2 N–H and O–H groups in total. The maximum atomic E-state index is 11.9. The Labute approximate surface area is 153 Å². The van der Waals surface area contributed by atoms with E-state index in [0.717, 1.165) is 0 Å². The highest BCUT2D eigenvalue weighted by atomic mass is 16.6. The highest BCUT2D eigenvalue weighted by Crippen LogP contribution is 2.24. The number of nitro benzene ring substituents is 1. The number of ether oxygens (including phenoxy) is 1. The number of hydrogen-bond donors (Lipinski definition) is 2. The standard InChI is InChI=1S/C17H17N3O7/c1-10(2)18-17(23)19-15(21)9-26-16(22)14-8-7-13(27-14)11-3-5-12(6-4-11)20(24)25/h3-8,10H,9H2,1-2H3,(H2,18,19,21,23). The minimum atomic E-state index is -0.887. The number of urea groups is 1. The smallest absolute Gasteiger partial charge is 0.374 e. The molecule has 2 aromatic rings. The van der Waals surface area contributed by atoms with Crippen molar-refractivity contribution in [2.45, 2.75) is 19.9 Å². The Bertz CT molecular complexity index is 856. The zero-order valence-electron chi connectivity index (χ0n) is 14.6. The van der Waals surface area contributed by atoms with Gasteiger partial charge in [0, 0.05) is 23.7 Å². The Hall–Kier alpha value is -3.69. The number of rotatable bonds is 6. The van der Waals surface area contributed by atoms with Crippen molar-refractivity contribution in [2.24, 2.45) is 0 Å².